The Balaban J connectivity index is 2.03. The summed E-state index contributed by atoms with van der Waals surface area (Å²) in [5.41, 5.74) is 2.00. The van der Waals surface area contributed by atoms with E-state index in [1.54, 1.807) is 11.8 Å². The fourth-order valence-corrected chi connectivity index (χ4v) is 2.94. The zero-order valence-corrected chi connectivity index (χ0v) is 14.5. The minimum atomic E-state index is -0.699. The third-order valence-electron chi connectivity index (χ3n) is 3.96. The second-order valence-corrected chi connectivity index (χ2v) is 7.12. The van der Waals surface area contributed by atoms with Gasteiger partial charge in [-0.3, -0.25) is 4.79 Å². The maximum absolute atomic E-state index is 12.3. The van der Waals surface area contributed by atoms with Crippen LogP contribution in [0.25, 0.3) is 0 Å². The number of carbonyl (C=O) groups excluding carboxylic acids is 2. The van der Waals surface area contributed by atoms with Crippen LogP contribution in [0.1, 0.15) is 30.9 Å². The summed E-state index contributed by atoms with van der Waals surface area (Å²) in [6.45, 7) is 3.98. The Labute approximate surface area is 140 Å². The molecule has 0 bridgehead atoms. The highest BCUT2D eigenvalue weighted by Crippen LogP contribution is 2.28. The third kappa shape index (κ3) is 4.38. The molecule has 0 saturated carbocycles. The second kappa shape index (κ2) is 7.68. The van der Waals surface area contributed by atoms with Crippen molar-refractivity contribution in [3.63, 3.8) is 0 Å². The number of ketones is 1. The van der Waals surface area contributed by atoms with Gasteiger partial charge in [-0.15, -0.1) is 0 Å². The molecule has 23 heavy (non-hydrogen) atoms. The monoisotopic (exact) mass is 334 g/mol. The first kappa shape index (κ1) is 17.6. The number of aliphatic hydroxyl groups excluding tert-OH is 1. The zero-order valence-electron chi connectivity index (χ0n) is 13.7. The predicted molar refractivity (Wildman–Crippen MR) is 91.6 cm³/mol. The van der Waals surface area contributed by atoms with Crippen molar-refractivity contribution in [2.24, 2.45) is 0 Å². The van der Waals surface area contributed by atoms with Gasteiger partial charge in [-0.05, 0) is 25.2 Å². The van der Waals surface area contributed by atoms with Gasteiger partial charge in [-0.1, -0.05) is 36.8 Å². The average Bonchev–Trinajstić information content (AvgIpc) is 2.79. The molecule has 2 rings (SSSR count). The van der Waals surface area contributed by atoms with Gasteiger partial charge in [0, 0.05) is 18.1 Å². The molecule has 0 amide bonds. The Morgan fingerprint density at radius 1 is 1.43 bits per heavy atom. The Hall–Kier alpha value is -1.75. The van der Waals surface area contributed by atoms with Crippen molar-refractivity contribution in [2.45, 2.75) is 44.5 Å². The molecule has 5 heteroatoms. The van der Waals surface area contributed by atoms with Crippen LogP contribution in [0.4, 0.5) is 0 Å². The van der Waals surface area contributed by atoms with E-state index in [1.807, 2.05) is 44.4 Å². The summed E-state index contributed by atoms with van der Waals surface area (Å²) in [5.74, 6) is -1.26. The van der Waals surface area contributed by atoms with Crippen molar-refractivity contribution >= 4 is 23.5 Å². The summed E-state index contributed by atoms with van der Waals surface area (Å²) in [6.07, 6.45) is 2.49. The number of benzene rings is 1. The average molecular weight is 334 g/mol. The van der Waals surface area contributed by atoms with Crippen molar-refractivity contribution in [1.82, 2.24) is 0 Å². The van der Waals surface area contributed by atoms with E-state index < -0.39 is 12.1 Å². The largest absolute Gasteiger partial charge is 0.507 e. The molecule has 1 aromatic carbocycles. The van der Waals surface area contributed by atoms with Gasteiger partial charge in [-0.25, -0.2) is 4.79 Å². The summed E-state index contributed by atoms with van der Waals surface area (Å²) in [4.78, 5) is 24.2. The maximum Gasteiger partial charge on any atom is 0.346 e. The van der Waals surface area contributed by atoms with Crippen LogP contribution in [0.5, 0.6) is 0 Å². The van der Waals surface area contributed by atoms with E-state index in [9.17, 15) is 14.7 Å². The van der Waals surface area contributed by atoms with Gasteiger partial charge < -0.3 is 9.84 Å². The molecule has 1 N–H and O–H groups in total. The van der Waals surface area contributed by atoms with Gasteiger partial charge in [0.2, 0.25) is 0 Å². The molecule has 1 aliphatic heterocycles. The number of esters is 1. The number of rotatable bonds is 7. The summed E-state index contributed by atoms with van der Waals surface area (Å²) in [6, 6.07) is 7.89. The van der Waals surface area contributed by atoms with Crippen molar-refractivity contribution < 1.29 is 19.4 Å². The van der Waals surface area contributed by atoms with Crippen LogP contribution in [-0.4, -0.2) is 34.5 Å². The Bertz CT molecular complexity index is 636. The molecule has 2 unspecified atom stereocenters. The zero-order chi connectivity index (χ0) is 17.0. The van der Waals surface area contributed by atoms with Gasteiger partial charge in [0.15, 0.2) is 17.6 Å². The standard InChI is InChI=1S/C18H22O4S/c1-11-5-4-6-13(9-11)7-8-14(19)16-17(20)15(22-18(16)21)10-12(2)23-3/h4-6,9,12,15,20H,7-8,10H2,1-3H3. The van der Waals surface area contributed by atoms with Crippen molar-refractivity contribution in [3.05, 3.63) is 46.7 Å². The van der Waals surface area contributed by atoms with Crippen molar-refractivity contribution in [2.75, 3.05) is 6.26 Å². The summed E-state index contributed by atoms with van der Waals surface area (Å²) in [7, 11) is 0. The number of Topliss-reactive ketones (excluding diaryl/α,β-unsaturated/α-hetero) is 1. The van der Waals surface area contributed by atoms with E-state index in [0.29, 0.717) is 12.8 Å². The SMILES string of the molecule is CSC(C)CC1OC(=O)C(C(=O)CCc2cccc(C)c2)=C1O. The molecule has 0 aromatic heterocycles. The van der Waals surface area contributed by atoms with Crippen LogP contribution in [-0.2, 0) is 20.7 Å². The lowest BCUT2D eigenvalue weighted by Gasteiger charge is -2.13. The van der Waals surface area contributed by atoms with E-state index in [0.717, 1.165) is 11.1 Å². The molecule has 1 aliphatic rings. The number of cyclic esters (lactones) is 1. The van der Waals surface area contributed by atoms with Gasteiger partial charge >= 0.3 is 5.97 Å². The summed E-state index contributed by atoms with van der Waals surface area (Å²) < 4.78 is 5.15. The molecule has 124 valence electrons. The topological polar surface area (TPSA) is 63.6 Å². The molecule has 1 aromatic rings. The Morgan fingerprint density at radius 2 is 2.17 bits per heavy atom. The van der Waals surface area contributed by atoms with Gasteiger partial charge in [0.1, 0.15) is 5.57 Å². The molecular weight excluding hydrogens is 312 g/mol. The number of aryl methyl sites for hydroxylation is 2. The highest BCUT2D eigenvalue weighted by molar-refractivity contribution is 7.99. The molecule has 1 heterocycles. The predicted octanol–water partition coefficient (Wildman–Crippen LogP) is 3.38. The minimum Gasteiger partial charge on any atom is -0.507 e. The molecule has 0 fully saturated rings. The highest BCUT2D eigenvalue weighted by Gasteiger charge is 2.38. The lowest BCUT2D eigenvalue weighted by molar-refractivity contribution is -0.141. The van der Waals surface area contributed by atoms with Crippen LogP contribution < -0.4 is 0 Å². The molecule has 0 radical (unpaired) electrons. The number of hydrogen-bond donors (Lipinski definition) is 1. The van der Waals surface area contributed by atoms with Crippen LogP contribution in [0, 0.1) is 6.92 Å². The lowest BCUT2D eigenvalue weighted by Crippen LogP contribution is -2.16. The number of carbonyl (C=O) groups is 2. The maximum atomic E-state index is 12.3. The van der Waals surface area contributed by atoms with Crippen molar-refractivity contribution in [3.8, 4) is 0 Å². The summed E-state index contributed by atoms with van der Waals surface area (Å²) >= 11 is 1.62. The first-order valence-corrected chi connectivity index (χ1v) is 8.96. The van der Waals surface area contributed by atoms with E-state index in [-0.39, 0.29) is 28.8 Å². The minimum absolute atomic E-state index is 0.170. The smallest absolute Gasteiger partial charge is 0.346 e. The number of ether oxygens (including phenoxy) is 1. The molecule has 0 aliphatic carbocycles. The van der Waals surface area contributed by atoms with Crippen LogP contribution in [0.3, 0.4) is 0 Å². The van der Waals surface area contributed by atoms with Gasteiger partial charge in [-0.2, -0.15) is 11.8 Å². The second-order valence-electron chi connectivity index (χ2n) is 5.85. The first-order valence-electron chi connectivity index (χ1n) is 7.68. The fourth-order valence-electron chi connectivity index (χ4n) is 2.57. The van der Waals surface area contributed by atoms with E-state index >= 15 is 0 Å². The summed E-state index contributed by atoms with van der Waals surface area (Å²) in [5, 5.41) is 10.4. The number of aliphatic hydroxyl groups is 1. The first-order chi connectivity index (χ1) is 10.9. The van der Waals surface area contributed by atoms with E-state index in [2.05, 4.69) is 0 Å². The molecular formula is C18H22O4S. The molecule has 0 saturated heterocycles. The molecule has 0 spiro atoms. The van der Waals surface area contributed by atoms with Crippen LogP contribution >= 0.6 is 11.8 Å². The number of thioether (sulfide) groups is 1. The lowest BCUT2D eigenvalue weighted by atomic mass is 10.0. The molecule has 4 nitrogen and oxygen atoms in total. The van der Waals surface area contributed by atoms with Crippen LogP contribution in [0.15, 0.2) is 35.6 Å². The normalized spacial score (nSPS) is 18.9. The highest BCUT2D eigenvalue weighted by atomic mass is 32.2. The van der Waals surface area contributed by atoms with E-state index in [1.165, 1.54) is 0 Å². The fraction of sp³-hybridized carbons (Fsp3) is 0.444. The van der Waals surface area contributed by atoms with Crippen LogP contribution in [0.2, 0.25) is 0 Å². The third-order valence-corrected chi connectivity index (χ3v) is 4.96. The Morgan fingerprint density at radius 3 is 2.83 bits per heavy atom. The van der Waals surface area contributed by atoms with Gasteiger partial charge in [0.05, 0.1) is 0 Å². The van der Waals surface area contributed by atoms with Crippen molar-refractivity contribution in [1.29, 1.82) is 0 Å². The Kier molecular flexibility index (Phi) is 5.88. The number of hydrogen-bond acceptors (Lipinski definition) is 5. The quantitative estimate of drug-likeness (QED) is 0.612. The molecule has 2 atom stereocenters. The van der Waals surface area contributed by atoms with E-state index in [4.69, 9.17) is 4.74 Å². The van der Waals surface area contributed by atoms with Gasteiger partial charge in [0.25, 0.3) is 0 Å².